The number of benzene rings is 1. The van der Waals surface area contributed by atoms with Crippen molar-refractivity contribution < 1.29 is 9.53 Å². The number of carbonyl (C=O) groups excluding carboxylic acids is 1. The number of nitrogen functional groups attached to an aromatic ring is 1. The molecule has 1 aliphatic rings. The molecule has 0 aliphatic heterocycles. The zero-order valence-corrected chi connectivity index (χ0v) is 12.1. The summed E-state index contributed by atoms with van der Waals surface area (Å²) in [7, 11) is 0. The Morgan fingerprint density at radius 3 is 2.65 bits per heavy atom. The number of ether oxygens (including phenoxy) is 1. The van der Waals surface area contributed by atoms with Crippen LogP contribution in [0.3, 0.4) is 0 Å². The Kier molecular flexibility index (Phi) is 5.27. The molecular formula is C16H24N2O2. The highest BCUT2D eigenvalue weighted by Gasteiger charge is 2.20. The van der Waals surface area contributed by atoms with Gasteiger partial charge in [-0.05, 0) is 31.9 Å². The van der Waals surface area contributed by atoms with E-state index in [4.69, 9.17) is 10.5 Å². The molecule has 0 saturated heterocycles. The minimum absolute atomic E-state index is 0.0423. The molecule has 110 valence electrons. The molecule has 1 amide bonds. The van der Waals surface area contributed by atoms with Crippen molar-refractivity contribution in [1.29, 1.82) is 0 Å². The third-order valence-electron chi connectivity index (χ3n) is 3.74. The van der Waals surface area contributed by atoms with Gasteiger partial charge >= 0.3 is 0 Å². The molecule has 1 aliphatic carbocycles. The van der Waals surface area contributed by atoms with Gasteiger partial charge in [0.05, 0.1) is 0 Å². The molecule has 0 bridgehead atoms. The predicted octanol–water partition coefficient (Wildman–Crippen LogP) is 2.88. The van der Waals surface area contributed by atoms with Crippen LogP contribution in [0.4, 0.5) is 5.69 Å². The highest BCUT2D eigenvalue weighted by molar-refractivity contribution is 5.81. The smallest absolute Gasteiger partial charge is 0.260 e. The van der Waals surface area contributed by atoms with E-state index >= 15 is 0 Å². The fourth-order valence-electron chi connectivity index (χ4n) is 2.59. The summed E-state index contributed by atoms with van der Waals surface area (Å²) in [5.74, 6) is 0.591. The lowest BCUT2D eigenvalue weighted by molar-refractivity contribution is -0.128. The summed E-state index contributed by atoms with van der Waals surface area (Å²) in [5.41, 5.74) is 6.33. The number of rotatable bonds is 4. The second-order valence-electron chi connectivity index (χ2n) is 5.53. The van der Waals surface area contributed by atoms with Crippen molar-refractivity contribution >= 4 is 11.6 Å². The molecule has 1 saturated carbocycles. The van der Waals surface area contributed by atoms with E-state index in [9.17, 15) is 4.79 Å². The van der Waals surface area contributed by atoms with E-state index in [1.54, 1.807) is 19.1 Å². The number of carbonyl (C=O) groups is 1. The van der Waals surface area contributed by atoms with Gasteiger partial charge in [0.25, 0.3) is 5.91 Å². The van der Waals surface area contributed by atoms with Crippen LogP contribution in [0.25, 0.3) is 0 Å². The topological polar surface area (TPSA) is 64.3 Å². The first kappa shape index (κ1) is 14.7. The maximum atomic E-state index is 12.1. The van der Waals surface area contributed by atoms with Crippen molar-refractivity contribution in [1.82, 2.24) is 5.32 Å². The van der Waals surface area contributed by atoms with Crippen LogP contribution in [0.15, 0.2) is 24.3 Å². The summed E-state index contributed by atoms with van der Waals surface area (Å²) in [5, 5.41) is 3.10. The average molecular weight is 276 g/mol. The molecule has 1 unspecified atom stereocenters. The summed E-state index contributed by atoms with van der Waals surface area (Å²) in [6.07, 6.45) is 6.63. The summed E-state index contributed by atoms with van der Waals surface area (Å²) < 4.78 is 5.64. The number of anilines is 1. The minimum Gasteiger partial charge on any atom is -0.481 e. The van der Waals surface area contributed by atoms with Gasteiger partial charge in [0.1, 0.15) is 5.75 Å². The first-order valence-corrected chi connectivity index (χ1v) is 7.48. The third-order valence-corrected chi connectivity index (χ3v) is 3.74. The van der Waals surface area contributed by atoms with Crippen molar-refractivity contribution in [3.05, 3.63) is 24.3 Å². The maximum absolute atomic E-state index is 12.1. The van der Waals surface area contributed by atoms with Gasteiger partial charge in [0.15, 0.2) is 6.10 Å². The molecule has 0 aromatic heterocycles. The Morgan fingerprint density at radius 1 is 1.30 bits per heavy atom. The second kappa shape index (κ2) is 7.17. The first-order valence-electron chi connectivity index (χ1n) is 7.48. The average Bonchev–Trinajstić information content (AvgIpc) is 2.67. The standard InChI is InChI=1S/C16H24N2O2/c1-12(20-15-10-6-7-13(17)11-15)16(19)18-14-8-4-2-3-5-9-14/h6-7,10-12,14H,2-5,8-9,17H2,1H3,(H,18,19). The van der Waals surface area contributed by atoms with Gasteiger partial charge in [-0.3, -0.25) is 4.79 Å². The Bertz CT molecular complexity index is 440. The van der Waals surface area contributed by atoms with Crippen LogP contribution in [0.5, 0.6) is 5.75 Å². The van der Waals surface area contributed by atoms with Crippen LogP contribution in [-0.2, 0) is 4.79 Å². The molecular weight excluding hydrogens is 252 g/mol. The fraction of sp³-hybridized carbons (Fsp3) is 0.562. The Hall–Kier alpha value is -1.71. The van der Waals surface area contributed by atoms with Crippen LogP contribution in [0.1, 0.15) is 45.4 Å². The van der Waals surface area contributed by atoms with E-state index in [0.29, 0.717) is 17.5 Å². The van der Waals surface area contributed by atoms with Crippen molar-refractivity contribution in [2.75, 3.05) is 5.73 Å². The molecule has 1 aromatic carbocycles. The number of nitrogens with two attached hydrogens (primary N) is 1. The zero-order valence-electron chi connectivity index (χ0n) is 12.1. The van der Waals surface area contributed by atoms with Crippen molar-refractivity contribution in [3.8, 4) is 5.75 Å². The highest BCUT2D eigenvalue weighted by atomic mass is 16.5. The Balaban J connectivity index is 1.85. The summed E-state index contributed by atoms with van der Waals surface area (Å²) in [4.78, 5) is 12.1. The van der Waals surface area contributed by atoms with Gasteiger partial charge in [0, 0.05) is 17.8 Å². The van der Waals surface area contributed by atoms with E-state index in [1.165, 1.54) is 25.7 Å². The molecule has 1 aromatic rings. The van der Waals surface area contributed by atoms with Gasteiger partial charge in [-0.1, -0.05) is 31.7 Å². The Labute approximate surface area is 120 Å². The van der Waals surface area contributed by atoms with E-state index in [1.807, 2.05) is 12.1 Å². The maximum Gasteiger partial charge on any atom is 0.260 e. The normalized spacial score (nSPS) is 18.1. The molecule has 4 heteroatoms. The molecule has 1 fully saturated rings. The molecule has 0 radical (unpaired) electrons. The van der Waals surface area contributed by atoms with Crippen LogP contribution in [0.2, 0.25) is 0 Å². The molecule has 0 heterocycles. The van der Waals surface area contributed by atoms with Gasteiger partial charge in [-0.25, -0.2) is 0 Å². The summed E-state index contributed by atoms with van der Waals surface area (Å²) in [6.45, 7) is 1.77. The van der Waals surface area contributed by atoms with Crippen molar-refractivity contribution in [2.24, 2.45) is 0 Å². The Morgan fingerprint density at radius 2 is 2.00 bits per heavy atom. The van der Waals surface area contributed by atoms with Gasteiger partial charge < -0.3 is 15.8 Å². The molecule has 4 nitrogen and oxygen atoms in total. The number of nitrogens with one attached hydrogen (secondary N) is 1. The van der Waals surface area contributed by atoms with E-state index in [0.717, 1.165) is 12.8 Å². The highest BCUT2D eigenvalue weighted by Crippen LogP contribution is 2.18. The zero-order chi connectivity index (χ0) is 14.4. The van der Waals surface area contributed by atoms with Crippen molar-refractivity contribution in [2.45, 2.75) is 57.6 Å². The number of hydrogen-bond acceptors (Lipinski definition) is 3. The third kappa shape index (κ3) is 4.44. The lowest BCUT2D eigenvalue weighted by Crippen LogP contribution is -2.42. The van der Waals surface area contributed by atoms with Gasteiger partial charge in [-0.15, -0.1) is 0 Å². The van der Waals surface area contributed by atoms with Crippen LogP contribution in [0, 0.1) is 0 Å². The molecule has 20 heavy (non-hydrogen) atoms. The first-order chi connectivity index (χ1) is 9.65. The van der Waals surface area contributed by atoms with Crippen LogP contribution in [-0.4, -0.2) is 18.1 Å². The van der Waals surface area contributed by atoms with E-state index < -0.39 is 6.10 Å². The lowest BCUT2D eigenvalue weighted by atomic mass is 10.1. The lowest BCUT2D eigenvalue weighted by Gasteiger charge is -2.20. The van der Waals surface area contributed by atoms with Gasteiger partial charge in [0.2, 0.25) is 0 Å². The van der Waals surface area contributed by atoms with Crippen molar-refractivity contribution in [3.63, 3.8) is 0 Å². The monoisotopic (exact) mass is 276 g/mol. The molecule has 3 N–H and O–H groups in total. The van der Waals surface area contributed by atoms with Crippen LogP contribution >= 0.6 is 0 Å². The summed E-state index contributed by atoms with van der Waals surface area (Å²) in [6, 6.07) is 7.46. The summed E-state index contributed by atoms with van der Waals surface area (Å²) >= 11 is 0. The van der Waals surface area contributed by atoms with E-state index in [-0.39, 0.29) is 5.91 Å². The minimum atomic E-state index is -0.500. The second-order valence-corrected chi connectivity index (χ2v) is 5.53. The van der Waals surface area contributed by atoms with Gasteiger partial charge in [-0.2, -0.15) is 0 Å². The molecule has 0 spiro atoms. The fourth-order valence-corrected chi connectivity index (χ4v) is 2.59. The number of amides is 1. The largest absolute Gasteiger partial charge is 0.481 e. The van der Waals surface area contributed by atoms with Crippen LogP contribution < -0.4 is 15.8 Å². The van der Waals surface area contributed by atoms with E-state index in [2.05, 4.69) is 5.32 Å². The predicted molar refractivity (Wildman–Crippen MR) is 80.6 cm³/mol. The molecule has 1 atom stereocenters. The molecule has 2 rings (SSSR count). The quantitative estimate of drug-likeness (QED) is 0.656. The SMILES string of the molecule is CC(Oc1cccc(N)c1)C(=O)NC1CCCCCC1. The number of hydrogen-bond donors (Lipinski definition) is 2.